The highest BCUT2D eigenvalue weighted by molar-refractivity contribution is 5.97. The van der Waals surface area contributed by atoms with Crippen LogP contribution in [0.4, 0.5) is 4.39 Å². The number of benzene rings is 1. The average molecular weight is 351 g/mol. The van der Waals surface area contributed by atoms with Crippen molar-refractivity contribution < 1.29 is 23.9 Å². The Morgan fingerprint density at radius 2 is 2.08 bits per heavy atom. The monoisotopic (exact) mass is 351 g/mol. The van der Waals surface area contributed by atoms with Crippen molar-refractivity contribution in [2.45, 2.75) is 26.3 Å². The largest absolute Gasteiger partial charge is 0.491 e. The molecular weight excluding hydrogens is 329 g/mol. The van der Waals surface area contributed by atoms with Crippen LogP contribution >= 0.6 is 0 Å². The van der Waals surface area contributed by atoms with Gasteiger partial charge in [-0.1, -0.05) is 12.1 Å². The molecule has 8 heteroatoms. The molecule has 0 aromatic heterocycles. The van der Waals surface area contributed by atoms with E-state index in [-0.39, 0.29) is 30.5 Å². The SMILES string of the molecule is CC1(C(=O)N2CCOc3cc(C(N)=NO)cc(F)c3C2)CCOCC1. The van der Waals surface area contributed by atoms with Gasteiger partial charge in [-0.15, -0.1) is 0 Å². The summed E-state index contributed by atoms with van der Waals surface area (Å²) in [6, 6.07) is 2.71. The average Bonchev–Trinajstić information content (AvgIpc) is 2.83. The Hall–Kier alpha value is -2.35. The van der Waals surface area contributed by atoms with E-state index in [1.807, 2.05) is 6.92 Å². The molecule has 7 nitrogen and oxygen atoms in total. The van der Waals surface area contributed by atoms with Crippen molar-refractivity contribution >= 4 is 11.7 Å². The number of halogens is 1. The molecule has 0 saturated carbocycles. The number of carbonyl (C=O) groups excluding carboxylic acids is 1. The van der Waals surface area contributed by atoms with Gasteiger partial charge in [-0.05, 0) is 25.0 Å². The standard InChI is InChI=1S/C17H22FN3O4/c1-17(2-5-24-6-3-17)16(22)21-4-7-25-14-9-11(15(19)20-23)8-13(18)12(14)10-21/h8-9,23H,2-7,10H2,1H3,(H2,19,20). The topological polar surface area (TPSA) is 97.4 Å². The zero-order valence-electron chi connectivity index (χ0n) is 14.1. The van der Waals surface area contributed by atoms with Gasteiger partial charge in [-0.2, -0.15) is 0 Å². The van der Waals surface area contributed by atoms with Gasteiger partial charge in [0.25, 0.3) is 0 Å². The number of carbonyl (C=O) groups is 1. The minimum Gasteiger partial charge on any atom is -0.491 e. The van der Waals surface area contributed by atoms with Crippen LogP contribution in [0.2, 0.25) is 0 Å². The molecule has 25 heavy (non-hydrogen) atoms. The summed E-state index contributed by atoms with van der Waals surface area (Å²) in [6.45, 7) is 3.81. The van der Waals surface area contributed by atoms with E-state index in [1.54, 1.807) is 4.90 Å². The van der Waals surface area contributed by atoms with E-state index < -0.39 is 11.2 Å². The van der Waals surface area contributed by atoms with E-state index in [4.69, 9.17) is 20.4 Å². The van der Waals surface area contributed by atoms with Gasteiger partial charge in [-0.3, -0.25) is 4.79 Å². The van der Waals surface area contributed by atoms with Crippen molar-refractivity contribution in [1.82, 2.24) is 4.90 Å². The summed E-state index contributed by atoms with van der Waals surface area (Å²) >= 11 is 0. The highest BCUT2D eigenvalue weighted by Crippen LogP contribution is 2.34. The molecule has 2 heterocycles. The number of hydrogen-bond donors (Lipinski definition) is 2. The third-order valence-electron chi connectivity index (χ3n) is 4.93. The summed E-state index contributed by atoms with van der Waals surface area (Å²) in [6.07, 6.45) is 1.31. The zero-order chi connectivity index (χ0) is 18.0. The lowest BCUT2D eigenvalue weighted by molar-refractivity contribution is -0.147. The highest BCUT2D eigenvalue weighted by atomic mass is 19.1. The normalized spacial score (nSPS) is 20.4. The van der Waals surface area contributed by atoms with Crippen LogP contribution in [0.1, 0.15) is 30.9 Å². The second-order valence-electron chi connectivity index (χ2n) is 6.67. The van der Waals surface area contributed by atoms with Gasteiger partial charge in [0.15, 0.2) is 5.84 Å². The molecule has 1 aromatic rings. The minimum atomic E-state index is -0.545. The van der Waals surface area contributed by atoms with Crippen molar-refractivity contribution in [2.75, 3.05) is 26.4 Å². The van der Waals surface area contributed by atoms with Gasteiger partial charge in [-0.25, -0.2) is 4.39 Å². The maximum atomic E-state index is 14.6. The van der Waals surface area contributed by atoms with Crippen molar-refractivity contribution in [1.29, 1.82) is 0 Å². The van der Waals surface area contributed by atoms with E-state index in [0.717, 1.165) is 0 Å². The zero-order valence-corrected chi connectivity index (χ0v) is 14.1. The lowest BCUT2D eigenvalue weighted by atomic mass is 9.81. The molecule has 2 aliphatic heterocycles. The summed E-state index contributed by atoms with van der Waals surface area (Å²) < 4.78 is 25.5. The van der Waals surface area contributed by atoms with Crippen molar-refractivity contribution in [3.05, 3.63) is 29.1 Å². The summed E-state index contributed by atoms with van der Waals surface area (Å²) in [5.74, 6) is -0.436. The smallest absolute Gasteiger partial charge is 0.229 e. The van der Waals surface area contributed by atoms with E-state index in [2.05, 4.69) is 5.16 Å². The van der Waals surface area contributed by atoms with E-state index in [9.17, 15) is 9.18 Å². The third kappa shape index (κ3) is 3.39. The number of nitrogens with zero attached hydrogens (tertiary/aromatic N) is 2. The van der Waals surface area contributed by atoms with Crippen LogP contribution in [-0.2, 0) is 16.1 Å². The number of rotatable bonds is 2. The van der Waals surface area contributed by atoms with Crippen LogP contribution in [-0.4, -0.2) is 48.2 Å². The van der Waals surface area contributed by atoms with Gasteiger partial charge in [0.05, 0.1) is 18.5 Å². The Labute approximate surface area is 145 Å². The lowest BCUT2D eigenvalue weighted by Gasteiger charge is -2.36. The first kappa shape index (κ1) is 17.5. The van der Waals surface area contributed by atoms with Crippen molar-refractivity contribution in [2.24, 2.45) is 16.3 Å². The number of nitrogens with two attached hydrogens (primary N) is 1. The van der Waals surface area contributed by atoms with E-state index in [0.29, 0.717) is 43.9 Å². The molecule has 1 amide bonds. The second kappa shape index (κ2) is 6.87. The fourth-order valence-electron chi connectivity index (χ4n) is 3.23. The van der Waals surface area contributed by atoms with Gasteiger partial charge >= 0.3 is 0 Å². The molecule has 0 radical (unpaired) electrons. The Kier molecular flexibility index (Phi) is 4.80. The molecule has 1 saturated heterocycles. The Morgan fingerprint density at radius 3 is 2.76 bits per heavy atom. The Bertz CT molecular complexity index is 701. The number of hydrogen-bond acceptors (Lipinski definition) is 5. The van der Waals surface area contributed by atoms with Gasteiger partial charge in [0.2, 0.25) is 5.91 Å². The summed E-state index contributed by atoms with van der Waals surface area (Å²) in [5, 5.41) is 11.6. The van der Waals surface area contributed by atoms with E-state index >= 15 is 0 Å². The van der Waals surface area contributed by atoms with Crippen LogP contribution < -0.4 is 10.5 Å². The minimum absolute atomic E-state index is 0.00726. The van der Waals surface area contributed by atoms with Gasteiger partial charge in [0, 0.05) is 24.3 Å². The van der Waals surface area contributed by atoms with Crippen molar-refractivity contribution in [3.8, 4) is 5.75 Å². The Morgan fingerprint density at radius 1 is 1.36 bits per heavy atom. The fraction of sp³-hybridized carbons (Fsp3) is 0.529. The molecule has 0 atom stereocenters. The van der Waals surface area contributed by atoms with Crippen LogP contribution in [0.25, 0.3) is 0 Å². The molecular formula is C17H22FN3O4. The molecule has 1 fully saturated rings. The number of amides is 1. The van der Waals surface area contributed by atoms with Crippen LogP contribution in [0, 0.1) is 11.2 Å². The number of amidine groups is 1. The summed E-state index contributed by atoms with van der Waals surface area (Å²) in [7, 11) is 0. The molecule has 136 valence electrons. The van der Waals surface area contributed by atoms with Gasteiger partial charge < -0.3 is 25.3 Å². The first-order chi connectivity index (χ1) is 11.9. The third-order valence-corrected chi connectivity index (χ3v) is 4.93. The number of ether oxygens (including phenoxy) is 2. The quantitative estimate of drug-likeness (QED) is 0.364. The molecule has 0 bridgehead atoms. The predicted octanol–water partition coefficient (Wildman–Crippen LogP) is 1.46. The predicted molar refractivity (Wildman–Crippen MR) is 88.0 cm³/mol. The Balaban J connectivity index is 1.87. The second-order valence-corrected chi connectivity index (χ2v) is 6.67. The maximum Gasteiger partial charge on any atom is 0.229 e. The molecule has 3 N–H and O–H groups in total. The lowest BCUT2D eigenvalue weighted by Crippen LogP contribution is -2.45. The number of fused-ring (bicyclic) bond motifs is 1. The fourth-order valence-corrected chi connectivity index (χ4v) is 3.23. The van der Waals surface area contributed by atoms with E-state index in [1.165, 1.54) is 12.1 Å². The molecule has 0 unspecified atom stereocenters. The van der Waals surface area contributed by atoms with Crippen molar-refractivity contribution in [3.63, 3.8) is 0 Å². The van der Waals surface area contributed by atoms with Crippen LogP contribution in [0.5, 0.6) is 5.75 Å². The summed E-state index contributed by atoms with van der Waals surface area (Å²) in [4.78, 5) is 14.6. The molecule has 3 rings (SSSR count). The van der Waals surface area contributed by atoms with Crippen LogP contribution in [0.3, 0.4) is 0 Å². The first-order valence-corrected chi connectivity index (χ1v) is 8.25. The highest BCUT2D eigenvalue weighted by Gasteiger charge is 2.39. The molecule has 0 aliphatic carbocycles. The number of oxime groups is 1. The molecule has 0 spiro atoms. The molecule has 1 aromatic carbocycles. The maximum absolute atomic E-state index is 14.6. The summed E-state index contributed by atoms with van der Waals surface area (Å²) in [5.41, 5.74) is 5.57. The van der Waals surface area contributed by atoms with Crippen LogP contribution in [0.15, 0.2) is 17.3 Å². The van der Waals surface area contributed by atoms with Gasteiger partial charge in [0.1, 0.15) is 18.2 Å². The molecule has 2 aliphatic rings. The first-order valence-electron chi connectivity index (χ1n) is 8.25.